The van der Waals surface area contributed by atoms with Crippen LogP contribution in [0, 0.1) is 12.7 Å². The SMILES string of the molecule is Cc1cc(CN2CCC(O)(C(N)=O)CC2)ccc1F. The van der Waals surface area contributed by atoms with Gasteiger partial charge < -0.3 is 10.8 Å². The molecule has 0 aliphatic carbocycles. The first-order chi connectivity index (χ1) is 8.90. The number of likely N-dealkylation sites (tertiary alicyclic amines) is 1. The van der Waals surface area contributed by atoms with E-state index in [0.717, 1.165) is 5.56 Å². The van der Waals surface area contributed by atoms with Gasteiger partial charge in [0, 0.05) is 19.6 Å². The molecule has 1 aromatic carbocycles. The van der Waals surface area contributed by atoms with Crippen molar-refractivity contribution < 1.29 is 14.3 Å². The summed E-state index contributed by atoms with van der Waals surface area (Å²) < 4.78 is 13.2. The number of rotatable bonds is 3. The maximum Gasteiger partial charge on any atom is 0.249 e. The van der Waals surface area contributed by atoms with Gasteiger partial charge in [0.1, 0.15) is 11.4 Å². The molecular formula is C14H19FN2O2. The second kappa shape index (κ2) is 5.27. The molecule has 3 N–H and O–H groups in total. The van der Waals surface area contributed by atoms with Crippen LogP contribution in [0.3, 0.4) is 0 Å². The standard InChI is InChI=1S/C14H19FN2O2/c1-10-8-11(2-3-12(10)15)9-17-6-4-14(19,5-7-17)13(16)18/h2-3,8,19H,4-7,9H2,1H3,(H2,16,18). The van der Waals surface area contributed by atoms with E-state index in [2.05, 4.69) is 4.90 Å². The van der Waals surface area contributed by atoms with Gasteiger partial charge in [0.2, 0.25) is 5.91 Å². The van der Waals surface area contributed by atoms with Crippen LogP contribution in [0.4, 0.5) is 4.39 Å². The lowest BCUT2D eigenvalue weighted by Crippen LogP contribution is -2.51. The number of carbonyl (C=O) groups excluding carboxylic acids is 1. The summed E-state index contributed by atoms with van der Waals surface area (Å²) in [5.41, 5.74) is 5.48. The van der Waals surface area contributed by atoms with E-state index < -0.39 is 11.5 Å². The molecule has 2 rings (SSSR count). The van der Waals surface area contributed by atoms with Gasteiger partial charge in [-0.3, -0.25) is 9.69 Å². The predicted octanol–water partition coefficient (Wildman–Crippen LogP) is 0.946. The minimum absolute atomic E-state index is 0.203. The van der Waals surface area contributed by atoms with E-state index in [-0.39, 0.29) is 5.82 Å². The van der Waals surface area contributed by atoms with Crippen LogP contribution >= 0.6 is 0 Å². The Balaban J connectivity index is 1.95. The average molecular weight is 266 g/mol. The summed E-state index contributed by atoms with van der Waals surface area (Å²) in [5.74, 6) is -0.852. The van der Waals surface area contributed by atoms with Crippen LogP contribution in [-0.4, -0.2) is 34.6 Å². The Kier molecular flexibility index (Phi) is 3.87. The largest absolute Gasteiger partial charge is 0.380 e. The highest BCUT2D eigenvalue weighted by Crippen LogP contribution is 2.23. The fraction of sp³-hybridized carbons (Fsp3) is 0.500. The monoisotopic (exact) mass is 266 g/mol. The third-order valence-corrected chi connectivity index (χ3v) is 3.77. The maximum atomic E-state index is 13.2. The van der Waals surface area contributed by atoms with E-state index in [1.54, 1.807) is 13.0 Å². The van der Waals surface area contributed by atoms with Crippen molar-refractivity contribution in [2.24, 2.45) is 5.73 Å². The Morgan fingerprint density at radius 1 is 1.47 bits per heavy atom. The van der Waals surface area contributed by atoms with Crippen LogP contribution in [0.2, 0.25) is 0 Å². The molecule has 1 saturated heterocycles. The molecule has 0 unspecified atom stereocenters. The molecule has 19 heavy (non-hydrogen) atoms. The summed E-state index contributed by atoms with van der Waals surface area (Å²) in [6.07, 6.45) is 0.699. The zero-order chi connectivity index (χ0) is 14.0. The molecule has 1 fully saturated rings. The number of nitrogens with zero attached hydrogens (tertiary/aromatic N) is 1. The van der Waals surface area contributed by atoms with Crippen molar-refractivity contribution in [1.29, 1.82) is 0 Å². The van der Waals surface area contributed by atoms with Crippen molar-refractivity contribution >= 4 is 5.91 Å². The highest BCUT2D eigenvalue weighted by molar-refractivity contribution is 5.83. The Morgan fingerprint density at radius 2 is 2.11 bits per heavy atom. The number of nitrogens with two attached hydrogens (primary N) is 1. The molecule has 1 aromatic rings. The summed E-state index contributed by atoms with van der Waals surface area (Å²) in [6.45, 7) is 3.64. The molecule has 0 spiro atoms. The molecular weight excluding hydrogens is 247 g/mol. The molecule has 1 aliphatic heterocycles. The zero-order valence-electron chi connectivity index (χ0n) is 11.0. The first-order valence-corrected chi connectivity index (χ1v) is 6.40. The normalized spacial score (nSPS) is 19.3. The highest BCUT2D eigenvalue weighted by atomic mass is 19.1. The fourth-order valence-electron chi connectivity index (χ4n) is 2.39. The lowest BCUT2D eigenvalue weighted by Gasteiger charge is -2.36. The van der Waals surface area contributed by atoms with Crippen LogP contribution in [0.25, 0.3) is 0 Å². The van der Waals surface area contributed by atoms with E-state index >= 15 is 0 Å². The topological polar surface area (TPSA) is 66.6 Å². The first kappa shape index (κ1) is 14.0. The maximum absolute atomic E-state index is 13.2. The van der Waals surface area contributed by atoms with Gasteiger partial charge in [-0.25, -0.2) is 4.39 Å². The lowest BCUT2D eigenvalue weighted by molar-refractivity contribution is -0.141. The minimum Gasteiger partial charge on any atom is -0.380 e. The summed E-state index contributed by atoms with van der Waals surface area (Å²) in [4.78, 5) is 13.3. The molecule has 0 aromatic heterocycles. The lowest BCUT2D eigenvalue weighted by atomic mass is 9.90. The Hall–Kier alpha value is -1.46. The number of benzene rings is 1. The van der Waals surface area contributed by atoms with Crippen LogP contribution in [0.5, 0.6) is 0 Å². The molecule has 0 saturated carbocycles. The summed E-state index contributed by atoms with van der Waals surface area (Å²) in [7, 11) is 0. The van der Waals surface area contributed by atoms with Crippen molar-refractivity contribution in [3.05, 3.63) is 35.1 Å². The second-order valence-corrected chi connectivity index (χ2v) is 5.26. The van der Waals surface area contributed by atoms with Gasteiger partial charge in [-0.1, -0.05) is 12.1 Å². The summed E-state index contributed by atoms with van der Waals surface area (Å²) >= 11 is 0. The number of carbonyl (C=O) groups is 1. The first-order valence-electron chi connectivity index (χ1n) is 6.40. The van der Waals surface area contributed by atoms with Gasteiger partial charge in [-0.2, -0.15) is 0 Å². The number of amides is 1. The van der Waals surface area contributed by atoms with Gasteiger partial charge in [-0.15, -0.1) is 0 Å². The zero-order valence-corrected chi connectivity index (χ0v) is 11.0. The highest BCUT2D eigenvalue weighted by Gasteiger charge is 2.37. The molecule has 1 amide bonds. The predicted molar refractivity (Wildman–Crippen MR) is 69.8 cm³/mol. The third-order valence-electron chi connectivity index (χ3n) is 3.77. The van der Waals surface area contributed by atoms with E-state index in [9.17, 15) is 14.3 Å². The molecule has 104 valence electrons. The van der Waals surface area contributed by atoms with Gasteiger partial charge >= 0.3 is 0 Å². The van der Waals surface area contributed by atoms with Crippen LogP contribution in [0.15, 0.2) is 18.2 Å². The number of primary amides is 1. The average Bonchev–Trinajstić information content (AvgIpc) is 2.37. The van der Waals surface area contributed by atoms with E-state index in [1.807, 2.05) is 6.07 Å². The van der Waals surface area contributed by atoms with Crippen molar-refractivity contribution in [1.82, 2.24) is 4.90 Å². The minimum atomic E-state index is -1.37. The van der Waals surface area contributed by atoms with Gasteiger partial charge in [0.05, 0.1) is 0 Å². The molecule has 1 aliphatic rings. The van der Waals surface area contributed by atoms with Crippen molar-refractivity contribution in [3.8, 4) is 0 Å². The number of halogens is 1. The number of aliphatic hydroxyl groups is 1. The Bertz CT molecular complexity index is 482. The smallest absolute Gasteiger partial charge is 0.249 e. The van der Waals surface area contributed by atoms with Crippen LogP contribution in [0.1, 0.15) is 24.0 Å². The van der Waals surface area contributed by atoms with Crippen molar-refractivity contribution in [3.63, 3.8) is 0 Å². The van der Waals surface area contributed by atoms with Gasteiger partial charge in [0.25, 0.3) is 0 Å². The van der Waals surface area contributed by atoms with Crippen molar-refractivity contribution in [2.75, 3.05) is 13.1 Å². The number of aryl methyl sites for hydroxylation is 1. The number of hydrogen-bond donors (Lipinski definition) is 2. The number of piperidine rings is 1. The molecule has 5 heteroatoms. The Labute approximate surface area is 112 Å². The van der Waals surface area contributed by atoms with Gasteiger partial charge in [-0.05, 0) is 37.0 Å². The van der Waals surface area contributed by atoms with Crippen LogP contribution < -0.4 is 5.73 Å². The third kappa shape index (κ3) is 3.11. The van der Waals surface area contributed by atoms with E-state index in [1.165, 1.54) is 6.07 Å². The summed E-state index contributed by atoms with van der Waals surface area (Å²) in [6, 6.07) is 5.05. The molecule has 0 radical (unpaired) electrons. The quantitative estimate of drug-likeness (QED) is 0.856. The second-order valence-electron chi connectivity index (χ2n) is 5.26. The molecule has 1 heterocycles. The van der Waals surface area contributed by atoms with Gasteiger partial charge in [0.15, 0.2) is 0 Å². The number of hydrogen-bond acceptors (Lipinski definition) is 3. The molecule has 0 bridgehead atoms. The van der Waals surface area contributed by atoms with E-state index in [0.29, 0.717) is 38.0 Å². The molecule has 0 atom stereocenters. The molecule has 4 nitrogen and oxygen atoms in total. The van der Waals surface area contributed by atoms with E-state index in [4.69, 9.17) is 5.73 Å². The fourth-order valence-corrected chi connectivity index (χ4v) is 2.39. The van der Waals surface area contributed by atoms with Crippen LogP contribution in [-0.2, 0) is 11.3 Å². The summed E-state index contributed by atoms with van der Waals surface area (Å²) in [5, 5.41) is 9.96. The Morgan fingerprint density at radius 3 is 2.63 bits per heavy atom. The van der Waals surface area contributed by atoms with Crippen molar-refractivity contribution in [2.45, 2.75) is 31.9 Å².